The summed E-state index contributed by atoms with van der Waals surface area (Å²) in [7, 11) is 1.28. The van der Waals surface area contributed by atoms with Gasteiger partial charge in [0, 0.05) is 18.4 Å². The fourth-order valence-electron chi connectivity index (χ4n) is 2.09. The number of methoxy groups -OCH3 is 1. The SMILES string of the molecule is C=CCC(CC=C)Oc1cc(C)c(C(=O)OC)c(O)c1C. The van der Waals surface area contributed by atoms with Crippen LogP contribution in [0, 0.1) is 13.8 Å². The highest BCUT2D eigenvalue weighted by atomic mass is 16.5. The van der Waals surface area contributed by atoms with Gasteiger partial charge < -0.3 is 14.6 Å². The molecule has 1 rings (SSSR count). The summed E-state index contributed by atoms with van der Waals surface area (Å²) >= 11 is 0. The van der Waals surface area contributed by atoms with Crippen molar-refractivity contribution in [1.82, 2.24) is 0 Å². The summed E-state index contributed by atoms with van der Waals surface area (Å²) in [6.45, 7) is 10.8. The van der Waals surface area contributed by atoms with Crippen molar-refractivity contribution in [3.63, 3.8) is 0 Å². The number of aryl methyl sites for hydroxylation is 1. The van der Waals surface area contributed by atoms with Crippen LogP contribution in [0.2, 0.25) is 0 Å². The van der Waals surface area contributed by atoms with Gasteiger partial charge >= 0.3 is 5.97 Å². The summed E-state index contributed by atoms with van der Waals surface area (Å²) in [5.74, 6) is -0.118. The lowest BCUT2D eigenvalue weighted by atomic mass is 10.0. The molecule has 21 heavy (non-hydrogen) atoms. The van der Waals surface area contributed by atoms with Gasteiger partial charge in [0.05, 0.1) is 7.11 Å². The van der Waals surface area contributed by atoms with Crippen LogP contribution in [0.1, 0.15) is 34.3 Å². The van der Waals surface area contributed by atoms with Gasteiger partial charge in [-0.1, -0.05) is 12.2 Å². The van der Waals surface area contributed by atoms with Gasteiger partial charge in [-0.05, 0) is 25.5 Å². The molecule has 0 fully saturated rings. The molecule has 0 amide bonds. The van der Waals surface area contributed by atoms with Crippen molar-refractivity contribution in [1.29, 1.82) is 0 Å². The number of phenols is 1. The zero-order valence-corrected chi connectivity index (χ0v) is 12.8. The lowest BCUT2D eigenvalue weighted by molar-refractivity contribution is 0.0596. The van der Waals surface area contributed by atoms with Crippen molar-refractivity contribution in [3.05, 3.63) is 48.1 Å². The molecule has 0 spiro atoms. The highest BCUT2D eigenvalue weighted by Gasteiger charge is 2.21. The number of esters is 1. The van der Waals surface area contributed by atoms with Crippen molar-refractivity contribution in [3.8, 4) is 11.5 Å². The number of hydrogen-bond donors (Lipinski definition) is 1. The molecule has 0 saturated heterocycles. The minimum absolute atomic E-state index is 0.0959. The molecule has 0 atom stereocenters. The Balaban J connectivity index is 3.18. The summed E-state index contributed by atoms with van der Waals surface area (Å²) in [6.07, 6.45) is 4.80. The number of rotatable bonds is 7. The molecule has 0 aliphatic carbocycles. The van der Waals surface area contributed by atoms with Crippen molar-refractivity contribution >= 4 is 5.97 Å². The average Bonchev–Trinajstić information content (AvgIpc) is 2.44. The van der Waals surface area contributed by atoms with Crippen molar-refractivity contribution in [2.45, 2.75) is 32.8 Å². The molecule has 0 heterocycles. The number of carbonyl (C=O) groups is 1. The minimum Gasteiger partial charge on any atom is -0.507 e. The van der Waals surface area contributed by atoms with Crippen LogP contribution in [-0.2, 0) is 4.74 Å². The van der Waals surface area contributed by atoms with E-state index < -0.39 is 5.97 Å². The van der Waals surface area contributed by atoms with Crippen LogP contribution in [0.3, 0.4) is 0 Å². The molecule has 1 N–H and O–H groups in total. The van der Waals surface area contributed by atoms with Gasteiger partial charge in [-0.2, -0.15) is 0 Å². The van der Waals surface area contributed by atoms with Crippen LogP contribution < -0.4 is 4.74 Å². The summed E-state index contributed by atoms with van der Waals surface area (Å²) < 4.78 is 10.6. The van der Waals surface area contributed by atoms with Crippen LogP contribution in [0.25, 0.3) is 0 Å². The van der Waals surface area contributed by atoms with E-state index in [-0.39, 0.29) is 17.4 Å². The second-order valence-corrected chi connectivity index (χ2v) is 4.82. The summed E-state index contributed by atoms with van der Waals surface area (Å²) in [5.41, 5.74) is 1.29. The quantitative estimate of drug-likeness (QED) is 0.614. The van der Waals surface area contributed by atoms with Gasteiger partial charge in [-0.25, -0.2) is 4.79 Å². The molecular weight excluding hydrogens is 268 g/mol. The van der Waals surface area contributed by atoms with E-state index in [1.807, 2.05) is 0 Å². The van der Waals surface area contributed by atoms with Gasteiger partial charge in [0.15, 0.2) is 0 Å². The molecule has 4 nitrogen and oxygen atoms in total. The molecule has 0 aromatic heterocycles. The molecule has 0 unspecified atom stereocenters. The first-order valence-electron chi connectivity index (χ1n) is 6.76. The van der Waals surface area contributed by atoms with Gasteiger partial charge in [-0.3, -0.25) is 0 Å². The topological polar surface area (TPSA) is 55.8 Å². The standard InChI is InChI=1S/C17H22O4/c1-6-8-13(9-7-2)21-14-10-11(3)15(17(19)20-5)16(18)12(14)4/h6-7,10,13,18H,1-2,8-9H2,3-5H3. The first kappa shape index (κ1) is 16.8. The van der Waals surface area contributed by atoms with Crippen LogP contribution in [0.5, 0.6) is 11.5 Å². The van der Waals surface area contributed by atoms with Crippen LogP contribution >= 0.6 is 0 Å². The van der Waals surface area contributed by atoms with E-state index in [1.54, 1.807) is 32.1 Å². The number of benzene rings is 1. The van der Waals surface area contributed by atoms with E-state index in [0.717, 1.165) is 0 Å². The van der Waals surface area contributed by atoms with E-state index in [2.05, 4.69) is 17.9 Å². The Morgan fingerprint density at radius 1 is 1.33 bits per heavy atom. The second kappa shape index (κ2) is 7.53. The molecule has 114 valence electrons. The van der Waals surface area contributed by atoms with Crippen molar-refractivity contribution in [2.75, 3.05) is 7.11 Å². The van der Waals surface area contributed by atoms with E-state index >= 15 is 0 Å². The highest BCUT2D eigenvalue weighted by molar-refractivity contribution is 5.95. The maximum Gasteiger partial charge on any atom is 0.341 e. The molecule has 0 bridgehead atoms. The summed E-state index contributed by atoms with van der Waals surface area (Å²) in [5, 5.41) is 10.2. The van der Waals surface area contributed by atoms with Gasteiger partial charge in [0.1, 0.15) is 23.2 Å². The predicted octanol–water partition coefficient (Wildman–Crippen LogP) is 3.70. The summed E-state index contributed by atoms with van der Waals surface area (Å²) in [4.78, 5) is 11.7. The molecular formula is C17H22O4. The Hall–Kier alpha value is -2.23. The third-order valence-corrected chi connectivity index (χ3v) is 3.25. The molecule has 0 aliphatic heterocycles. The Morgan fingerprint density at radius 3 is 2.38 bits per heavy atom. The van der Waals surface area contributed by atoms with Crippen LogP contribution in [-0.4, -0.2) is 24.3 Å². The fourth-order valence-corrected chi connectivity index (χ4v) is 2.09. The smallest absolute Gasteiger partial charge is 0.341 e. The Labute approximate surface area is 125 Å². The van der Waals surface area contributed by atoms with E-state index in [9.17, 15) is 9.90 Å². The Morgan fingerprint density at radius 2 is 1.90 bits per heavy atom. The molecule has 0 saturated carbocycles. The average molecular weight is 290 g/mol. The predicted molar refractivity (Wildman–Crippen MR) is 83.0 cm³/mol. The zero-order valence-electron chi connectivity index (χ0n) is 12.8. The third-order valence-electron chi connectivity index (χ3n) is 3.25. The van der Waals surface area contributed by atoms with Crippen molar-refractivity contribution < 1.29 is 19.4 Å². The summed E-state index contributed by atoms with van der Waals surface area (Å²) in [6, 6.07) is 1.74. The first-order valence-corrected chi connectivity index (χ1v) is 6.76. The van der Waals surface area contributed by atoms with Gasteiger partial charge in [0.2, 0.25) is 0 Å². The van der Waals surface area contributed by atoms with Gasteiger partial charge in [0.25, 0.3) is 0 Å². The molecule has 0 aliphatic rings. The van der Waals surface area contributed by atoms with Crippen molar-refractivity contribution in [2.24, 2.45) is 0 Å². The third kappa shape index (κ3) is 3.88. The molecule has 4 heteroatoms. The van der Waals surface area contributed by atoms with E-state index in [4.69, 9.17) is 4.74 Å². The van der Waals surface area contributed by atoms with E-state index in [0.29, 0.717) is 29.7 Å². The number of hydrogen-bond acceptors (Lipinski definition) is 4. The largest absolute Gasteiger partial charge is 0.507 e. The number of carbonyl (C=O) groups excluding carboxylic acids is 1. The number of ether oxygens (including phenoxy) is 2. The maximum absolute atomic E-state index is 11.7. The van der Waals surface area contributed by atoms with Gasteiger partial charge in [-0.15, -0.1) is 13.2 Å². The molecule has 1 aromatic rings. The van der Waals surface area contributed by atoms with Crippen LogP contribution in [0.15, 0.2) is 31.4 Å². The van der Waals surface area contributed by atoms with Crippen LogP contribution in [0.4, 0.5) is 0 Å². The lowest BCUT2D eigenvalue weighted by Crippen LogP contribution is -2.16. The zero-order chi connectivity index (χ0) is 16.0. The van der Waals surface area contributed by atoms with E-state index in [1.165, 1.54) is 7.11 Å². The molecule has 1 aromatic carbocycles. The fraction of sp³-hybridized carbons (Fsp3) is 0.353. The Bertz CT molecular complexity index is 536. The minimum atomic E-state index is -0.562. The normalized spacial score (nSPS) is 10.3. The maximum atomic E-state index is 11.7. The first-order chi connectivity index (χ1) is 9.96. The monoisotopic (exact) mass is 290 g/mol. The number of aromatic hydroxyl groups is 1. The lowest BCUT2D eigenvalue weighted by Gasteiger charge is -2.20. The second-order valence-electron chi connectivity index (χ2n) is 4.82. The highest BCUT2D eigenvalue weighted by Crippen LogP contribution is 2.34. The Kier molecular flexibility index (Phi) is 6.03. The number of phenolic OH excluding ortho intramolecular Hbond substituents is 1. The molecule has 0 radical (unpaired) electrons.